The zero-order valence-corrected chi connectivity index (χ0v) is 18.3. The van der Waals surface area contributed by atoms with Crippen LogP contribution in [0.3, 0.4) is 0 Å². The van der Waals surface area contributed by atoms with Gasteiger partial charge in [0.2, 0.25) is 0 Å². The number of nitrogens with zero attached hydrogens (tertiary/aromatic N) is 3. The van der Waals surface area contributed by atoms with Crippen LogP contribution in [0, 0.1) is 11.3 Å². The largest absolute Gasteiger partial charge is 0.493 e. The van der Waals surface area contributed by atoms with Gasteiger partial charge in [0.1, 0.15) is 5.75 Å². The van der Waals surface area contributed by atoms with E-state index in [2.05, 4.69) is 5.16 Å². The molecule has 34 heavy (non-hydrogen) atoms. The Morgan fingerprint density at radius 2 is 1.82 bits per heavy atom. The van der Waals surface area contributed by atoms with E-state index in [1.54, 1.807) is 18.0 Å². The molecule has 3 aromatic rings. The summed E-state index contributed by atoms with van der Waals surface area (Å²) in [5.74, 6) is 0.375. The highest BCUT2D eigenvalue weighted by Crippen LogP contribution is 2.38. The van der Waals surface area contributed by atoms with Crippen LogP contribution in [0.25, 0.3) is 11.0 Å². The second-order valence-corrected chi connectivity index (χ2v) is 7.66. The fourth-order valence-electron chi connectivity index (χ4n) is 3.58. The smallest absolute Gasteiger partial charge is 0.437 e. The number of aromatic nitrogens is 1. The van der Waals surface area contributed by atoms with Crippen molar-refractivity contribution in [3.8, 4) is 11.8 Å². The van der Waals surface area contributed by atoms with Crippen LogP contribution in [0.5, 0.6) is 5.75 Å². The van der Waals surface area contributed by atoms with Crippen molar-refractivity contribution in [2.24, 2.45) is 0 Å². The molecule has 3 rings (SSSR count). The minimum atomic E-state index is -4.65. The lowest BCUT2D eigenvalue weighted by Crippen LogP contribution is -2.21. The number of hydrogen-bond acceptors (Lipinski definition) is 5. The fraction of sp³-hybridized carbons (Fsp3) is 0.391. The average Bonchev–Trinajstić information content (AvgIpc) is 3.21. The van der Waals surface area contributed by atoms with Crippen molar-refractivity contribution >= 4 is 16.7 Å². The summed E-state index contributed by atoms with van der Waals surface area (Å²) in [6, 6.07) is 7.73. The summed E-state index contributed by atoms with van der Waals surface area (Å²) in [5, 5.41) is 12.0. The molecular weight excluding hydrogens is 464 g/mol. The number of aryl methyl sites for hydroxylation is 1. The van der Waals surface area contributed by atoms with Crippen molar-refractivity contribution < 1.29 is 35.6 Å². The quantitative estimate of drug-likeness (QED) is 0.266. The van der Waals surface area contributed by atoms with Crippen LogP contribution in [0.15, 0.2) is 34.9 Å². The maximum atomic E-state index is 13.2. The molecule has 182 valence electrons. The molecule has 0 amide bonds. The van der Waals surface area contributed by atoms with Gasteiger partial charge >= 0.3 is 12.4 Å². The molecule has 1 heterocycles. The first-order chi connectivity index (χ1) is 16.0. The monoisotopic (exact) mass is 485 g/mol. The highest BCUT2D eigenvalue weighted by atomic mass is 19.4. The molecule has 1 aromatic heterocycles. The molecule has 0 aliphatic carbocycles. The molecule has 11 heteroatoms. The van der Waals surface area contributed by atoms with E-state index < -0.39 is 29.2 Å². The molecule has 0 saturated heterocycles. The van der Waals surface area contributed by atoms with Crippen LogP contribution in [-0.2, 0) is 18.8 Å². The maximum Gasteiger partial charge on any atom is 0.437 e. The number of halogens is 6. The van der Waals surface area contributed by atoms with Gasteiger partial charge in [-0.2, -0.15) is 31.6 Å². The maximum absolute atomic E-state index is 13.2. The average molecular weight is 485 g/mol. The molecule has 0 aliphatic rings. The van der Waals surface area contributed by atoms with E-state index >= 15 is 0 Å². The highest BCUT2D eigenvalue weighted by Gasteiger charge is 2.38. The first-order valence-corrected chi connectivity index (χ1v) is 10.4. The van der Waals surface area contributed by atoms with Gasteiger partial charge in [-0.3, -0.25) is 0 Å². The Balaban J connectivity index is 1.69. The number of benzene rings is 2. The number of anilines is 1. The van der Waals surface area contributed by atoms with Crippen molar-refractivity contribution in [2.75, 3.05) is 25.1 Å². The molecule has 2 aromatic carbocycles. The van der Waals surface area contributed by atoms with Crippen molar-refractivity contribution in [3.05, 3.63) is 52.7 Å². The molecule has 0 N–H and O–H groups in total. The van der Waals surface area contributed by atoms with Gasteiger partial charge < -0.3 is 14.2 Å². The van der Waals surface area contributed by atoms with Crippen LogP contribution in [-0.4, -0.2) is 25.4 Å². The van der Waals surface area contributed by atoms with Gasteiger partial charge in [-0.05, 0) is 43.2 Å². The molecule has 0 aliphatic heterocycles. The summed E-state index contributed by atoms with van der Waals surface area (Å²) < 4.78 is 89.7. The summed E-state index contributed by atoms with van der Waals surface area (Å²) in [5.41, 5.74) is -1.74. The van der Waals surface area contributed by atoms with Gasteiger partial charge in [-0.15, -0.1) is 0 Å². The SMILES string of the molecule is CCCc1c(OCCCN(C)c2ccc(C#N)c(C(F)(F)F)c2)ccc2c(C(F)(F)F)noc12. The summed E-state index contributed by atoms with van der Waals surface area (Å²) in [6.07, 6.45) is -7.80. The van der Waals surface area contributed by atoms with Crippen molar-refractivity contribution in [2.45, 2.75) is 38.5 Å². The van der Waals surface area contributed by atoms with E-state index in [4.69, 9.17) is 14.5 Å². The Hall–Kier alpha value is -3.42. The lowest BCUT2D eigenvalue weighted by molar-refractivity contribution is -0.141. The number of rotatable bonds is 8. The van der Waals surface area contributed by atoms with E-state index in [1.165, 1.54) is 18.2 Å². The Morgan fingerprint density at radius 1 is 1.09 bits per heavy atom. The van der Waals surface area contributed by atoms with Crippen LogP contribution in [0.2, 0.25) is 0 Å². The third-order valence-electron chi connectivity index (χ3n) is 5.23. The molecule has 0 spiro atoms. The van der Waals surface area contributed by atoms with Gasteiger partial charge in [0.05, 0.1) is 29.2 Å². The zero-order valence-electron chi connectivity index (χ0n) is 18.3. The molecule has 0 fully saturated rings. The molecule has 0 bridgehead atoms. The third kappa shape index (κ3) is 5.38. The summed E-state index contributed by atoms with van der Waals surface area (Å²) in [4.78, 5) is 1.60. The molecule has 0 atom stereocenters. The fourth-order valence-corrected chi connectivity index (χ4v) is 3.58. The Labute approximate surface area is 191 Å². The number of fused-ring (bicyclic) bond motifs is 1. The predicted molar refractivity (Wildman–Crippen MR) is 113 cm³/mol. The topological polar surface area (TPSA) is 62.3 Å². The summed E-state index contributed by atoms with van der Waals surface area (Å²) in [6.45, 7) is 2.38. The predicted octanol–water partition coefficient (Wildman–Crippen LogP) is 6.59. The molecule has 0 radical (unpaired) electrons. The van der Waals surface area contributed by atoms with Crippen LogP contribution < -0.4 is 9.64 Å². The first kappa shape index (κ1) is 25.2. The van der Waals surface area contributed by atoms with Crippen molar-refractivity contribution in [1.29, 1.82) is 5.26 Å². The molecule has 0 unspecified atom stereocenters. The lowest BCUT2D eigenvalue weighted by Gasteiger charge is -2.21. The lowest BCUT2D eigenvalue weighted by atomic mass is 10.0. The van der Waals surface area contributed by atoms with Gasteiger partial charge in [-0.25, -0.2) is 0 Å². The highest BCUT2D eigenvalue weighted by molar-refractivity contribution is 5.85. The van der Waals surface area contributed by atoms with E-state index in [9.17, 15) is 26.3 Å². The number of alkyl halides is 6. The normalized spacial score (nSPS) is 12.1. The van der Waals surface area contributed by atoms with E-state index in [1.807, 2.05) is 6.92 Å². The number of nitriles is 1. The molecule has 0 saturated carbocycles. The third-order valence-corrected chi connectivity index (χ3v) is 5.23. The second-order valence-electron chi connectivity index (χ2n) is 7.66. The number of hydrogen-bond donors (Lipinski definition) is 0. The van der Waals surface area contributed by atoms with Crippen LogP contribution in [0.1, 0.15) is 42.1 Å². The summed E-state index contributed by atoms with van der Waals surface area (Å²) in [7, 11) is 1.61. The Bertz CT molecular complexity index is 1190. The van der Waals surface area contributed by atoms with Crippen LogP contribution in [0.4, 0.5) is 32.0 Å². The van der Waals surface area contributed by atoms with Gasteiger partial charge in [0.25, 0.3) is 0 Å². The van der Waals surface area contributed by atoms with E-state index in [0.29, 0.717) is 42.8 Å². The Morgan fingerprint density at radius 3 is 2.44 bits per heavy atom. The van der Waals surface area contributed by atoms with Gasteiger partial charge in [-0.1, -0.05) is 18.5 Å². The van der Waals surface area contributed by atoms with Crippen molar-refractivity contribution in [3.63, 3.8) is 0 Å². The minimum absolute atomic E-state index is 0.0288. The van der Waals surface area contributed by atoms with Crippen molar-refractivity contribution in [1.82, 2.24) is 5.16 Å². The summed E-state index contributed by atoms with van der Waals surface area (Å²) >= 11 is 0. The second kappa shape index (κ2) is 9.83. The van der Waals surface area contributed by atoms with Gasteiger partial charge in [0.15, 0.2) is 11.3 Å². The van der Waals surface area contributed by atoms with Crippen LogP contribution >= 0.6 is 0 Å². The van der Waals surface area contributed by atoms with E-state index in [0.717, 1.165) is 12.1 Å². The molecular formula is C23H21F6N3O2. The number of ether oxygens (including phenoxy) is 1. The standard InChI is InChI=1S/C23H21F6N3O2/c1-3-5-16-19(9-8-17-20(16)34-31-21(17)23(27,28)29)33-11-4-10-32(2)15-7-6-14(13-30)18(12-15)22(24,25)26/h6-9,12H,3-5,10-11H2,1-2H3. The first-order valence-electron chi connectivity index (χ1n) is 10.4. The molecule has 5 nitrogen and oxygen atoms in total. The zero-order chi connectivity index (χ0) is 25.1. The Kier molecular flexibility index (Phi) is 7.29. The van der Waals surface area contributed by atoms with E-state index in [-0.39, 0.29) is 17.6 Å². The minimum Gasteiger partial charge on any atom is -0.493 e. The van der Waals surface area contributed by atoms with Gasteiger partial charge in [0, 0.05) is 24.8 Å².